The van der Waals surface area contributed by atoms with Crippen molar-refractivity contribution in [3.05, 3.63) is 51.4 Å². The molecule has 1 aliphatic rings. The number of amides is 1. The van der Waals surface area contributed by atoms with E-state index in [0.717, 1.165) is 36.1 Å². The molecule has 1 N–H and O–H groups in total. The second kappa shape index (κ2) is 7.93. The van der Waals surface area contributed by atoms with Gasteiger partial charge < -0.3 is 10.1 Å². The highest BCUT2D eigenvalue weighted by atomic mass is 32.1. The third-order valence-corrected chi connectivity index (χ3v) is 5.36. The first-order valence-electron chi connectivity index (χ1n) is 8.19. The summed E-state index contributed by atoms with van der Waals surface area (Å²) in [6, 6.07) is 8.09. The van der Waals surface area contributed by atoms with Gasteiger partial charge in [0, 0.05) is 10.4 Å². The van der Waals surface area contributed by atoms with Crippen LogP contribution in [0.5, 0.6) is 0 Å². The van der Waals surface area contributed by atoms with Crippen LogP contribution >= 0.6 is 11.3 Å². The maximum Gasteiger partial charge on any atom is 0.338 e. The van der Waals surface area contributed by atoms with E-state index in [1.807, 2.05) is 0 Å². The average molecular weight is 368 g/mol. The summed E-state index contributed by atoms with van der Waals surface area (Å²) < 4.78 is 4.99. The molecule has 0 bridgehead atoms. The van der Waals surface area contributed by atoms with Gasteiger partial charge in [0.05, 0.1) is 11.1 Å². The van der Waals surface area contributed by atoms with Gasteiger partial charge in [-0.2, -0.15) is 5.26 Å². The number of aldehydes is 1. The first-order valence-corrected chi connectivity index (χ1v) is 9.01. The van der Waals surface area contributed by atoms with E-state index < -0.39 is 18.5 Å². The minimum atomic E-state index is -0.649. The minimum absolute atomic E-state index is 0.257. The minimum Gasteiger partial charge on any atom is -0.452 e. The molecule has 6 nitrogen and oxygen atoms in total. The zero-order valence-corrected chi connectivity index (χ0v) is 14.7. The Hall–Kier alpha value is -2.98. The second-order valence-electron chi connectivity index (χ2n) is 5.89. The fourth-order valence-corrected chi connectivity index (χ4v) is 4.10. The van der Waals surface area contributed by atoms with Crippen LogP contribution in [0.2, 0.25) is 0 Å². The van der Waals surface area contributed by atoms with Crippen molar-refractivity contribution in [2.75, 3.05) is 11.9 Å². The number of carbonyl (C=O) groups is 3. The molecule has 7 heteroatoms. The number of nitriles is 1. The van der Waals surface area contributed by atoms with Crippen LogP contribution in [0.3, 0.4) is 0 Å². The van der Waals surface area contributed by atoms with Crippen molar-refractivity contribution in [1.29, 1.82) is 5.26 Å². The molecule has 1 aromatic heterocycles. The number of benzene rings is 1. The lowest BCUT2D eigenvalue weighted by Gasteiger charge is -2.09. The Balaban J connectivity index is 1.60. The summed E-state index contributed by atoms with van der Waals surface area (Å²) in [4.78, 5) is 35.8. The van der Waals surface area contributed by atoms with Crippen LogP contribution < -0.4 is 5.32 Å². The predicted molar refractivity (Wildman–Crippen MR) is 96.4 cm³/mol. The highest BCUT2D eigenvalue weighted by Crippen LogP contribution is 2.37. The quantitative estimate of drug-likeness (QED) is 0.646. The number of hydrogen-bond acceptors (Lipinski definition) is 6. The fourth-order valence-electron chi connectivity index (χ4n) is 2.85. The Morgan fingerprint density at radius 3 is 2.65 bits per heavy atom. The number of anilines is 1. The van der Waals surface area contributed by atoms with E-state index in [1.165, 1.54) is 35.6 Å². The number of nitrogens with zero attached hydrogens (tertiary/aromatic N) is 1. The smallest absolute Gasteiger partial charge is 0.338 e. The molecule has 26 heavy (non-hydrogen) atoms. The van der Waals surface area contributed by atoms with Crippen LogP contribution in [-0.2, 0) is 22.4 Å². The summed E-state index contributed by atoms with van der Waals surface area (Å²) in [5, 5.41) is 12.6. The summed E-state index contributed by atoms with van der Waals surface area (Å²) in [6.07, 6.45) is 4.60. The molecular weight excluding hydrogens is 352 g/mol. The van der Waals surface area contributed by atoms with E-state index in [0.29, 0.717) is 22.4 Å². The van der Waals surface area contributed by atoms with Crippen molar-refractivity contribution in [1.82, 2.24) is 0 Å². The second-order valence-corrected chi connectivity index (χ2v) is 7.00. The Kier molecular flexibility index (Phi) is 5.44. The van der Waals surface area contributed by atoms with Gasteiger partial charge in [0.15, 0.2) is 6.61 Å². The molecule has 1 aliphatic carbocycles. The molecule has 0 saturated carbocycles. The van der Waals surface area contributed by atoms with Crippen LogP contribution in [0.1, 0.15) is 49.6 Å². The molecule has 0 saturated heterocycles. The Labute approximate surface area is 154 Å². The first kappa shape index (κ1) is 17.8. The van der Waals surface area contributed by atoms with Gasteiger partial charge in [-0.1, -0.05) is 12.1 Å². The number of fused-ring (bicyclic) bond motifs is 1. The van der Waals surface area contributed by atoms with Gasteiger partial charge in [0.2, 0.25) is 0 Å². The number of nitrogens with one attached hydrogen (secondary N) is 1. The maximum atomic E-state index is 12.1. The molecule has 132 valence electrons. The third kappa shape index (κ3) is 3.81. The summed E-state index contributed by atoms with van der Waals surface area (Å²) in [6.45, 7) is -0.443. The monoisotopic (exact) mass is 368 g/mol. The molecule has 0 radical (unpaired) electrons. The van der Waals surface area contributed by atoms with Gasteiger partial charge in [0.1, 0.15) is 17.4 Å². The zero-order valence-electron chi connectivity index (χ0n) is 13.9. The Morgan fingerprint density at radius 2 is 1.96 bits per heavy atom. The van der Waals surface area contributed by atoms with E-state index in [4.69, 9.17) is 4.74 Å². The lowest BCUT2D eigenvalue weighted by molar-refractivity contribution is -0.119. The van der Waals surface area contributed by atoms with Crippen molar-refractivity contribution < 1.29 is 19.1 Å². The molecule has 3 rings (SSSR count). The van der Waals surface area contributed by atoms with Crippen LogP contribution in [0, 0.1) is 11.3 Å². The van der Waals surface area contributed by atoms with Crippen molar-refractivity contribution in [3.8, 4) is 6.07 Å². The molecule has 0 unspecified atom stereocenters. The molecular formula is C19H16N2O4S. The number of hydrogen-bond donors (Lipinski definition) is 1. The lowest BCUT2D eigenvalue weighted by Crippen LogP contribution is -2.20. The van der Waals surface area contributed by atoms with Crippen molar-refractivity contribution >= 4 is 34.5 Å². The summed E-state index contributed by atoms with van der Waals surface area (Å²) >= 11 is 1.42. The first-order chi connectivity index (χ1) is 12.6. The normalized spacial score (nSPS) is 12.6. The maximum absolute atomic E-state index is 12.1. The van der Waals surface area contributed by atoms with Crippen LogP contribution in [0.15, 0.2) is 24.3 Å². The summed E-state index contributed by atoms with van der Waals surface area (Å²) in [5.74, 6) is -1.14. The predicted octanol–water partition coefficient (Wildman–Crippen LogP) is 3.11. The van der Waals surface area contributed by atoms with Gasteiger partial charge in [-0.05, 0) is 43.4 Å². The zero-order chi connectivity index (χ0) is 18.5. The van der Waals surface area contributed by atoms with Crippen molar-refractivity contribution in [2.45, 2.75) is 25.7 Å². The number of ether oxygens (including phenoxy) is 1. The van der Waals surface area contributed by atoms with Crippen LogP contribution in [0.4, 0.5) is 5.00 Å². The van der Waals surface area contributed by atoms with Crippen molar-refractivity contribution in [2.24, 2.45) is 0 Å². The van der Waals surface area contributed by atoms with E-state index in [2.05, 4.69) is 11.4 Å². The van der Waals surface area contributed by atoms with Gasteiger partial charge >= 0.3 is 5.97 Å². The van der Waals surface area contributed by atoms with Gasteiger partial charge in [-0.25, -0.2) is 4.79 Å². The number of carbonyl (C=O) groups excluding carboxylic acids is 3. The van der Waals surface area contributed by atoms with Crippen molar-refractivity contribution in [3.63, 3.8) is 0 Å². The third-order valence-electron chi connectivity index (χ3n) is 4.15. The van der Waals surface area contributed by atoms with Gasteiger partial charge in [-0.15, -0.1) is 11.3 Å². The topological polar surface area (TPSA) is 96.3 Å². The highest BCUT2D eigenvalue weighted by Gasteiger charge is 2.22. The van der Waals surface area contributed by atoms with E-state index in [1.54, 1.807) is 0 Å². The number of rotatable bonds is 5. The van der Waals surface area contributed by atoms with Crippen LogP contribution in [-0.4, -0.2) is 24.8 Å². The standard InChI is InChI=1S/C19H16N2O4S/c20-9-15-14-3-1-2-4-16(14)26-18(15)21-17(23)11-25-19(24)13-7-5-12(10-22)6-8-13/h5-8,10H,1-4,11H2,(H,21,23). The van der Waals surface area contributed by atoms with Gasteiger partial charge in [0.25, 0.3) is 5.91 Å². The molecule has 0 aliphatic heterocycles. The molecule has 0 atom stereocenters. The summed E-state index contributed by atoms with van der Waals surface area (Å²) in [7, 11) is 0. The number of aryl methyl sites for hydroxylation is 1. The molecule has 1 amide bonds. The Morgan fingerprint density at radius 1 is 1.23 bits per heavy atom. The number of esters is 1. The molecule has 0 spiro atoms. The van der Waals surface area contributed by atoms with E-state index >= 15 is 0 Å². The van der Waals surface area contributed by atoms with E-state index in [9.17, 15) is 19.6 Å². The van der Waals surface area contributed by atoms with E-state index in [-0.39, 0.29) is 5.56 Å². The average Bonchev–Trinajstić information content (AvgIpc) is 3.03. The van der Waals surface area contributed by atoms with Gasteiger partial charge in [-0.3, -0.25) is 9.59 Å². The number of thiophene rings is 1. The lowest BCUT2D eigenvalue weighted by atomic mass is 9.96. The molecule has 0 fully saturated rings. The Bertz CT molecular complexity index is 893. The molecule has 2 aromatic rings. The summed E-state index contributed by atoms with van der Waals surface area (Å²) in [5.41, 5.74) is 2.26. The molecule has 1 heterocycles. The largest absolute Gasteiger partial charge is 0.452 e. The highest BCUT2D eigenvalue weighted by molar-refractivity contribution is 7.16. The fraction of sp³-hybridized carbons (Fsp3) is 0.263. The van der Waals surface area contributed by atoms with Crippen LogP contribution in [0.25, 0.3) is 0 Å². The molecule has 1 aromatic carbocycles. The SMILES string of the molecule is N#Cc1c(NC(=O)COC(=O)c2ccc(C=O)cc2)sc2c1CCCC2.